The van der Waals surface area contributed by atoms with Crippen molar-refractivity contribution in [3.05, 3.63) is 65.7 Å². The number of rotatable bonds is 4. The Bertz CT molecular complexity index is 970. The van der Waals surface area contributed by atoms with Crippen molar-refractivity contribution in [1.29, 1.82) is 0 Å². The van der Waals surface area contributed by atoms with E-state index < -0.39 is 10.0 Å². The zero-order chi connectivity index (χ0) is 16.4. The Morgan fingerprint density at radius 2 is 1.70 bits per heavy atom. The van der Waals surface area contributed by atoms with Gasteiger partial charge >= 0.3 is 0 Å². The monoisotopic (exact) mass is 347 g/mol. The number of halogens is 1. The molecule has 23 heavy (non-hydrogen) atoms. The number of sulfonamides is 1. The van der Waals surface area contributed by atoms with Crippen molar-refractivity contribution in [2.75, 3.05) is 11.8 Å². The zero-order valence-corrected chi connectivity index (χ0v) is 13.9. The molecule has 0 saturated heterocycles. The van der Waals surface area contributed by atoms with E-state index in [2.05, 4.69) is 4.72 Å². The summed E-state index contributed by atoms with van der Waals surface area (Å²) in [7, 11) is -2.27. The number of nitrogens with one attached hydrogen (secondary N) is 1. The van der Waals surface area contributed by atoms with Crippen LogP contribution >= 0.6 is 11.6 Å². The molecule has 4 nitrogen and oxygen atoms in total. The van der Waals surface area contributed by atoms with Gasteiger partial charge in [0.25, 0.3) is 10.0 Å². The Balaban J connectivity index is 2.02. The Morgan fingerprint density at radius 3 is 2.43 bits per heavy atom. The third kappa shape index (κ3) is 3.25. The van der Waals surface area contributed by atoms with Crippen molar-refractivity contribution in [1.82, 2.24) is 0 Å². The van der Waals surface area contributed by atoms with Crippen molar-refractivity contribution >= 4 is 38.1 Å². The van der Waals surface area contributed by atoms with E-state index in [1.807, 2.05) is 24.3 Å². The largest absolute Gasteiger partial charge is 0.495 e. The minimum absolute atomic E-state index is 0.179. The summed E-state index contributed by atoms with van der Waals surface area (Å²) in [6, 6.07) is 17.3. The highest BCUT2D eigenvalue weighted by molar-refractivity contribution is 7.92. The first kappa shape index (κ1) is 15.6. The lowest BCUT2D eigenvalue weighted by Crippen LogP contribution is -2.13. The zero-order valence-electron chi connectivity index (χ0n) is 12.3. The van der Waals surface area contributed by atoms with E-state index in [1.54, 1.807) is 30.3 Å². The van der Waals surface area contributed by atoms with E-state index >= 15 is 0 Å². The molecular formula is C17H14ClNO3S. The molecule has 0 saturated carbocycles. The van der Waals surface area contributed by atoms with Gasteiger partial charge in [0.1, 0.15) is 5.75 Å². The van der Waals surface area contributed by atoms with Gasteiger partial charge in [-0.1, -0.05) is 41.9 Å². The first-order valence-electron chi connectivity index (χ1n) is 6.85. The van der Waals surface area contributed by atoms with E-state index in [9.17, 15) is 8.42 Å². The van der Waals surface area contributed by atoms with Gasteiger partial charge in [0.05, 0.1) is 17.7 Å². The molecular weight excluding hydrogens is 334 g/mol. The summed E-state index contributed by atoms with van der Waals surface area (Å²) >= 11 is 5.94. The number of fused-ring (bicyclic) bond motifs is 1. The second-order valence-corrected chi connectivity index (χ2v) is 7.08. The lowest BCUT2D eigenvalue weighted by atomic mass is 10.1. The maximum Gasteiger partial charge on any atom is 0.262 e. The highest BCUT2D eigenvalue weighted by atomic mass is 35.5. The van der Waals surface area contributed by atoms with E-state index in [4.69, 9.17) is 16.3 Å². The van der Waals surface area contributed by atoms with Gasteiger partial charge in [-0.3, -0.25) is 4.72 Å². The molecule has 0 spiro atoms. The molecule has 0 bridgehead atoms. The van der Waals surface area contributed by atoms with Crippen LogP contribution in [0.3, 0.4) is 0 Å². The molecule has 3 rings (SSSR count). The fourth-order valence-corrected chi connectivity index (χ4v) is 3.57. The van der Waals surface area contributed by atoms with Crippen LogP contribution in [-0.4, -0.2) is 15.5 Å². The second kappa shape index (κ2) is 6.10. The number of benzene rings is 3. The van der Waals surface area contributed by atoms with Crippen LogP contribution in [0.2, 0.25) is 5.02 Å². The lowest BCUT2D eigenvalue weighted by molar-refractivity contribution is 0.417. The van der Waals surface area contributed by atoms with E-state index in [0.29, 0.717) is 16.5 Å². The predicted molar refractivity (Wildman–Crippen MR) is 92.8 cm³/mol. The summed E-state index contributed by atoms with van der Waals surface area (Å²) in [6.07, 6.45) is 0. The molecule has 0 unspecified atom stereocenters. The fraction of sp³-hybridized carbons (Fsp3) is 0.0588. The predicted octanol–water partition coefficient (Wildman–Crippen LogP) is 4.30. The van der Waals surface area contributed by atoms with Gasteiger partial charge in [-0.05, 0) is 41.1 Å². The summed E-state index contributed by atoms with van der Waals surface area (Å²) in [6.45, 7) is 0. The molecule has 0 radical (unpaired) electrons. The number of ether oxygens (including phenoxy) is 1. The lowest BCUT2D eigenvalue weighted by Gasteiger charge is -2.12. The molecule has 3 aromatic rings. The third-order valence-electron chi connectivity index (χ3n) is 3.44. The molecule has 0 aliphatic rings. The minimum atomic E-state index is -3.74. The Labute approximate surface area is 139 Å². The molecule has 0 amide bonds. The molecule has 0 heterocycles. The molecule has 3 aromatic carbocycles. The van der Waals surface area contributed by atoms with Crippen molar-refractivity contribution in [2.45, 2.75) is 4.90 Å². The van der Waals surface area contributed by atoms with E-state index in [-0.39, 0.29) is 4.90 Å². The number of methoxy groups -OCH3 is 1. The molecule has 0 fully saturated rings. The number of hydrogen-bond donors (Lipinski definition) is 1. The van der Waals surface area contributed by atoms with Crippen LogP contribution < -0.4 is 9.46 Å². The quantitative estimate of drug-likeness (QED) is 0.765. The summed E-state index contributed by atoms with van der Waals surface area (Å²) < 4.78 is 32.9. The Kier molecular flexibility index (Phi) is 4.15. The topological polar surface area (TPSA) is 55.4 Å². The van der Waals surface area contributed by atoms with E-state index in [1.165, 1.54) is 13.2 Å². The van der Waals surface area contributed by atoms with Crippen molar-refractivity contribution < 1.29 is 13.2 Å². The van der Waals surface area contributed by atoms with Crippen LogP contribution in [0.15, 0.2) is 65.6 Å². The SMILES string of the molecule is COc1ccc(Cl)cc1NS(=O)(=O)c1ccc2ccccc2c1. The first-order chi connectivity index (χ1) is 11.0. The third-order valence-corrected chi connectivity index (χ3v) is 5.04. The summed E-state index contributed by atoms with van der Waals surface area (Å²) in [4.78, 5) is 0.179. The van der Waals surface area contributed by atoms with Crippen LogP contribution in [0.5, 0.6) is 5.75 Å². The van der Waals surface area contributed by atoms with Crippen molar-refractivity contribution in [2.24, 2.45) is 0 Å². The van der Waals surface area contributed by atoms with Gasteiger partial charge in [-0.15, -0.1) is 0 Å². The first-order valence-corrected chi connectivity index (χ1v) is 8.71. The summed E-state index contributed by atoms with van der Waals surface area (Å²) in [5, 5.41) is 2.25. The Hall–Kier alpha value is -2.24. The Morgan fingerprint density at radius 1 is 0.957 bits per heavy atom. The number of anilines is 1. The van der Waals surface area contributed by atoms with Gasteiger partial charge in [0, 0.05) is 5.02 Å². The van der Waals surface area contributed by atoms with Gasteiger partial charge in [-0.2, -0.15) is 0 Å². The van der Waals surface area contributed by atoms with Crippen molar-refractivity contribution in [3.63, 3.8) is 0 Å². The van der Waals surface area contributed by atoms with Crippen LogP contribution in [-0.2, 0) is 10.0 Å². The van der Waals surface area contributed by atoms with Crippen LogP contribution in [0.25, 0.3) is 10.8 Å². The summed E-state index contributed by atoms with van der Waals surface area (Å²) in [5.74, 6) is 0.402. The molecule has 118 valence electrons. The van der Waals surface area contributed by atoms with E-state index in [0.717, 1.165) is 10.8 Å². The van der Waals surface area contributed by atoms with Crippen LogP contribution in [0.1, 0.15) is 0 Å². The summed E-state index contributed by atoms with van der Waals surface area (Å²) in [5.41, 5.74) is 0.299. The van der Waals surface area contributed by atoms with Gasteiger partial charge in [0.15, 0.2) is 0 Å². The van der Waals surface area contributed by atoms with Gasteiger partial charge in [-0.25, -0.2) is 8.42 Å². The van der Waals surface area contributed by atoms with Gasteiger partial charge in [0.2, 0.25) is 0 Å². The average Bonchev–Trinajstić information content (AvgIpc) is 2.54. The molecule has 0 aromatic heterocycles. The highest BCUT2D eigenvalue weighted by Crippen LogP contribution is 2.30. The molecule has 6 heteroatoms. The van der Waals surface area contributed by atoms with Crippen LogP contribution in [0, 0.1) is 0 Å². The maximum absolute atomic E-state index is 12.6. The maximum atomic E-state index is 12.6. The highest BCUT2D eigenvalue weighted by Gasteiger charge is 2.17. The smallest absolute Gasteiger partial charge is 0.262 e. The molecule has 0 aliphatic heterocycles. The second-order valence-electron chi connectivity index (χ2n) is 4.96. The van der Waals surface area contributed by atoms with Gasteiger partial charge < -0.3 is 4.74 Å². The standard InChI is InChI=1S/C17H14ClNO3S/c1-22-17-9-7-14(18)11-16(17)19-23(20,21)15-8-6-12-4-2-3-5-13(12)10-15/h2-11,19H,1H3. The average molecular weight is 348 g/mol. The molecule has 0 atom stereocenters. The number of hydrogen-bond acceptors (Lipinski definition) is 3. The van der Waals surface area contributed by atoms with Crippen LogP contribution in [0.4, 0.5) is 5.69 Å². The fourth-order valence-electron chi connectivity index (χ4n) is 2.30. The minimum Gasteiger partial charge on any atom is -0.495 e. The van der Waals surface area contributed by atoms with Crippen molar-refractivity contribution in [3.8, 4) is 5.75 Å². The normalized spacial score (nSPS) is 11.4. The molecule has 0 aliphatic carbocycles. The molecule has 1 N–H and O–H groups in total.